The van der Waals surface area contributed by atoms with Crippen molar-refractivity contribution < 1.29 is 23.1 Å². The van der Waals surface area contributed by atoms with Crippen LogP contribution in [0, 0.1) is 6.92 Å². The molecular formula is C21H16F3NO2. The zero-order valence-corrected chi connectivity index (χ0v) is 14.3. The number of aromatic hydroxyl groups is 1. The average Bonchev–Trinajstić information content (AvgIpc) is 2.61. The highest BCUT2D eigenvalue weighted by Crippen LogP contribution is 2.32. The zero-order valence-electron chi connectivity index (χ0n) is 14.3. The Hall–Kier alpha value is -3.28. The summed E-state index contributed by atoms with van der Waals surface area (Å²) in [4.78, 5) is 12.5. The fraction of sp³-hybridized carbons (Fsp3) is 0.0952. The minimum Gasteiger partial charge on any atom is -0.507 e. The highest BCUT2D eigenvalue weighted by Gasteiger charge is 2.31. The summed E-state index contributed by atoms with van der Waals surface area (Å²) in [6.45, 7) is 1.51. The maximum atomic E-state index is 13.0. The van der Waals surface area contributed by atoms with Crippen molar-refractivity contribution in [3.8, 4) is 16.9 Å². The number of benzene rings is 3. The molecule has 0 radical (unpaired) electrons. The second-order valence-electron chi connectivity index (χ2n) is 6.14. The molecule has 0 saturated carbocycles. The number of rotatable bonds is 3. The van der Waals surface area contributed by atoms with Crippen LogP contribution in [0.25, 0.3) is 11.1 Å². The molecule has 6 heteroatoms. The van der Waals surface area contributed by atoms with Gasteiger partial charge < -0.3 is 10.4 Å². The van der Waals surface area contributed by atoms with Gasteiger partial charge in [0.1, 0.15) is 5.75 Å². The van der Waals surface area contributed by atoms with Gasteiger partial charge in [-0.3, -0.25) is 4.79 Å². The van der Waals surface area contributed by atoms with Crippen LogP contribution in [-0.2, 0) is 6.18 Å². The van der Waals surface area contributed by atoms with E-state index in [0.29, 0.717) is 11.1 Å². The number of phenolic OH excluding ortho intramolecular Hbond substituents is 1. The molecule has 0 atom stereocenters. The summed E-state index contributed by atoms with van der Waals surface area (Å²) in [5.41, 5.74) is 1.06. The number of hydrogen-bond acceptors (Lipinski definition) is 2. The van der Waals surface area contributed by atoms with Crippen LogP contribution in [0.3, 0.4) is 0 Å². The van der Waals surface area contributed by atoms with Crippen LogP contribution < -0.4 is 5.32 Å². The molecule has 3 aromatic rings. The average molecular weight is 371 g/mol. The molecule has 1 amide bonds. The monoisotopic (exact) mass is 371 g/mol. The Bertz CT molecular complexity index is 982. The first kappa shape index (κ1) is 18.5. The fourth-order valence-corrected chi connectivity index (χ4v) is 2.75. The van der Waals surface area contributed by atoms with E-state index in [1.165, 1.54) is 25.1 Å². The minimum atomic E-state index is -4.51. The van der Waals surface area contributed by atoms with E-state index < -0.39 is 17.6 Å². The maximum Gasteiger partial charge on any atom is 0.416 e. The number of anilines is 1. The summed E-state index contributed by atoms with van der Waals surface area (Å²) in [6.07, 6.45) is -4.51. The first-order valence-corrected chi connectivity index (χ1v) is 8.13. The van der Waals surface area contributed by atoms with Crippen LogP contribution in [0.15, 0.2) is 66.7 Å². The Morgan fingerprint density at radius 3 is 2.30 bits per heavy atom. The van der Waals surface area contributed by atoms with Gasteiger partial charge in [0.25, 0.3) is 5.91 Å². The molecule has 0 aromatic heterocycles. The maximum absolute atomic E-state index is 13.0. The number of alkyl halides is 3. The van der Waals surface area contributed by atoms with E-state index in [1.807, 2.05) is 30.3 Å². The predicted octanol–water partition coefficient (Wildman–Crippen LogP) is 5.64. The van der Waals surface area contributed by atoms with Crippen LogP contribution in [0.5, 0.6) is 5.75 Å². The molecule has 0 heterocycles. The molecule has 2 N–H and O–H groups in total. The van der Waals surface area contributed by atoms with Crippen LogP contribution >= 0.6 is 0 Å². The number of halogens is 3. The van der Waals surface area contributed by atoms with Crippen molar-refractivity contribution in [3.05, 3.63) is 83.4 Å². The molecule has 27 heavy (non-hydrogen) atoms. The topological polar surface area (TPSA) is 49.3 Å². The quantitative estimate of drug-likeness (QED) is 0.626. The third kappa shape index (κ3) is 4.28. The van der Waals surface area contributed by atoms with Crippen LogP contribution in [-0.4, -0.2) is 11.0 Å². The van der Waals surface area contributed by atoms with E-state index in [9.17, 15) is 23.1 Å². The van der Waals surface area contributed by atoms with Crippen molar-refractivity contribution in [1.29, 1.82) is 0 Å². The summed E-state index contributed by atoms with van der Waals surface area (Å²) < 4.78 is 38.9. The molecule has 0 aliphatic carbocycles. The Labute approximate surface area is 154 Å². The van der Waals surface area contributed by atoms with E-state index in [1.54, 1.807) is 6.07 Å². The first-order chi connectivity index (χ1) is 12.7. The van der Waals surface area contributed by atoms with Gasteiger partial charge in [-0.15, -0.1) is 0 Å². The lowest BCUT2D eigenvalue weighted by Gasteiger charge is -2.13. The zero-order chi connectivity index (χ0) is 19.6. The third-order valence-electron chi connectivity index (χ3n) is 4.01. The highest BCUT2D eigenvalue weighted by atomic mass is 19.4. The number of hydrogen-bond donors (Lipinski definition) is 2. The van der Waals surface area contributed by atoms with E-state index in [4.69, 9.17) is 0 Å². The van der Waals surface area contributed by atoms with Gasteiger partial charge >= 0.3 is 6.18 Å². The highest BCUT2D eigenvalue weighted by molar-refractivity contribution is 6.07. The first-order valence-electron chi connectivity index (χ1n) is 8.13. The number of amides is 1. The molecule has 3 rings (SSSR count). The number of aryl methyl sites for hydroxylation is 1. The summed E-state index contributed by atoms with van der Waals surface area (Å²) in [5.74, 6) is -0.945. The van der Waals surface area contributed by atoms with Crippen molar-refractivity contribution in [2.75, 3.05) is 5.32 Å². The summed E-state index contributed by atoms with van der Waals surface area (Å²) in [6, 6.07) is 17.1. The predicted molar refractivity (Wildman–Crippen MR) is 97.7 cm³/mol. The number of carbonyl (C=O) groups excluding carboxylic acids is 1. The second-order valence-corrected chi connectivity index (χ2v) is 6.14. The van der Waals surface area contributed by atoms with Crippen molar-refractivity contribution in [3.63, 3.8) is 0 Å². The van der Waals surface area contributed by atoms with E-state index >= 15 is 0 Å². The van der Waals surface area contributed by atoms with Crippen molar-refractivity contribution in [2.24, 2.45) is 0 Å². The minimum absolute atomic E-state index is 0.0110. The molecule has 0 unspecified atom stereocenters. The molecule has 0 spiro atoms. The lowest BCUT2D eigenvalue weighted by atomic mass is 10.0. The molecule has 0 bridgehead atoms. The standard InChI is InChI=1S/C21H16F3NO2/c1-13-9-16(21(22,23)24)12-17(10-13)25-20(27)18-11-15(7-8-19(18)26)14-5-3-2-4-6-14/h2-12,26H,1H3,(H,25,27). The van der Waals surface area contributed by atoms with E-state index in [0.717, 1.165) is 17.7 Å². The lowest BCUT2D eigenvalue weighted by Crippen LogP contribution is -2.14. The molecular weight excluding hydrogens is 355 g/mol. The number of phenols is 1. The van der Waals surface area contributed by atoms with Crippen molar-refractivity contribution >= 4 is 11.6 Å². The van der Waals surface area contributed by atoms with Gasteiger partial charge in [0.2, 0.25) is 0 Å². The fourth-order valence-electron chi connectivity index (χ4n) is 2.75. The second kappa shape index (κ2) is 7.15. The Kier molecular flexibility index (Phi) is 4.90. The van der Waals surface area contributed by atoms with Gasteiger partial charge in [0, 0.05) is 5.69 Å². The van der Waals surface area contributed by atoms with Gasteiger partial charge in [0.05, 0.1) is 11.1 Å². The van der Waals surface area contributed by atoms with E-state index in [2.05, 4.69) is 5.32 Å². The number of carbonyl (C=O) groups is 1. The van der Waals surface area contributed by atoms with Gasteiger partial charge in [-0.1, -0.05) is 36.4 Å². The van der Waals surface area contributed by atoms with Crippen LogP contribution in [0.2, 0.25) is 0 Å². The third-order valence-corrected chi connectivity index (χ3v) is 4.01. The smallest absolute Gasteiger partial charge is 0.416 e. The van der Waals surface area contributed by atoms with Crippen LogP contribution in [0.1, 0.15) is 21.5 Å². The van der Waals surface area contributed by atoms with Crippen molar-refractivity contribution in [1.82, 2.24) is 0 Å². The van der Waals surface area contributed by atoms with Gasteiger partial charge in [-0.25, -0.2) is 0 Å². The van der Waals surface area contributed by atoms with Crippen molar-refractivity contribution in [2.45, 2.75) is 13.1 Å². The summed E-state index contributed by atoms with van der Waals surface area (Å²) in [5, 5.41) is 12.5. The summed E-state index contributed by atoms with van der Waals surface area (Å²) in [7, 11) is 0. The molecule has 0 fully saturated rings. The molecule has 0 aliphatic rings. The van der Waals surface area contributed by atoms with Crippen LogP contribution in [0.4, 0.5) is 18.9 Å². The van der Waals surface area contributed by atoms with Gasteiger partial charge in [-0.05, 0) is 53.9 Å². The Morgan fingerprint density at radius 1 is 0.926 bits per heavy atom. The van der Waals surface area contributed by atoms with Gasteiger partial charge in [0.15, 0.2) is 0 Å². The van der Waals surface area contributed by atoms with E-state index in [-0.39, 0.29) is 17.0 Å². The normalized spacial score (nSPS) is 11.3. The Balaban J connectivity index is 1.92. The molecule has 0 saturated heterocycles. The molecule has 0 aliphatic heterocycles. The largest absolute Gasteiger partial charge is 0.507 e. The molecule has 3 nitrogen and oxygen atoms in total. The SMILES string of the molecule is Cc1cc(NC(=O)c2cc(-c3ccccc3)ccc2O)cc(C(F)(F)F)c1. The Morgan fingerprint density at radius 2 is 1.63 bits per heavy atom. The number of nitrogens with one attached hydrogen (secondary N) is 1. The van der Waals surface area contributed by atoms with Gasteiger partial charge in [-0.2, -0.15) is 13.2 Å². The molecule has 3 aromatic carbocycles. The molecule has 138 valence electrons. The summed E-state index contributed by atoms with van der Waals surface area (Å²) >= 11 is 0. The lowest BCUT2D eigenvalue weighted by molar-refractivity contribution is -0.137.